The Balaban J connectivity index is 2.02. The number of H-pyrrole nitrogens is 1. The molecule has 0 radical (unpaired) electrons. The molecular formula is C21H20ClFN4O4. The fourth-order valence-corrected chi connectivity index (χ4v) is 3.15. The van der Waals surface area contributed by atoms with Crippen molar-refractivity contribution in [2.45, 2.75) is 13.1 Å². The van der Waals surface area contributed by atoms with Crippen LogP contribution in [-0.4, -0.2) is 29.2 Å². The molecule has 2 aromatic carbocycles. The van der Waals surface area contributed by atoms with Crippen LogP contribution < -0.4 is 21.9 Å². The van der Waals surface area contributed by atoms with E-state index in [4.69, 9.17) is 16.3 Å². The van der Waals surface area contributed by atoms with Gasteiger partial charge in [0.15, 0.2) is 0 Å². The summed E-state index contributed by atoms with van der Waals surface area (Å²) < 4.78 is 19.5. The molecule has 0 spiro atoms. The first-order chi connectivity index (χ1) is 14.9. The Labute approximate surface area is 181 Å². The lowest BCUT2D eigenvalue weighted by atomic mass is 10.2. The van der Waals surface area contributed by atoms with E-state index in [1.165, 1.54) is 17.7 Å². The number of methoxy groups -OCH3 is 1. The van der Waals surface area contributed by atoms with Crippen LogP contribution in [0.2, 0.25) is 5.02 Å². The highest BCUT2D eigenvalue weighted by Gasteiger charge is 2.20. The van der Waals surface area contributed by atoms with E-state index >= 15 is 0 Å². The van der Waals surface area contributed by atoms with Gasteiger partial charge in [0.2, 0.25) is 0 Å². The topological polar surface area (TPSA) is 105 Å². The average Bonchev–Trinajstić information content (AvgIpc) is 2.73. The molecule has 3 rings (SSSR count). The molecule has 3 aromatic rings. The second-order valence-corrected chi connectivity index (χ2v) is 6.95. The Bertz CT molecular complexity index is 1190. The SMILES string of the molecule is COCCn1c(NC(=O)c2ccc(F)cc2Cl)c(NCc2ccccc2)c(=O)[nH]c1=O. The van der Waals surface area contributed by atoms with Crippen molar-refractivity contribution in [1.29, 1.82) is 0 Å². The summed E-state index contributed by atoms with van der Waals surface area (Å²) in [5.41, 5.74) is -0.549. The number of carbonyl (C=O) groups excluding carboxylic acids is 1. The molecule has 0 bridgehead atoms. The summed E-state index contributed by atoms with van der Waals surface area (Å²) >= 11 is 5.98. The zero-order chi connectivity index (χ0) is 22.4. The number of nitrogens with one attached hydrogen (secondary N) is 3. The lowest BCUT2D eigenvalue weighted by Crippen LogP contribution is -2.36. The van der Waals surface area contributed by atoms with Crippen LogP contribution in [0.1, 0.15) is 15.9 Å². The number of aromatic amines is 1. The molecule has 0 atom stereocenters. The van der Waals surface area contributed by atoms with Gasteiger partial charge in [-0.25, -0.2) is 9.18 Å². The van der Waals surface area contributed by atoms with Gasteiger partial charge in [-0.1, -0.05) is 41.9 Å². The van der Waals surface area contributed by atoms with Crippen LogP contribution in [-0.2, 0) is 17.8 Å². The molecule has 1 amide bonds. The first-order valence-corrected chi connectivity index (χ1v) is 9.68. The minimum atomic E-state index is -0.715. The van der Waals surface area contributed by atoms with E-state index in [9.17, 15) is 18.8 Å². The maximum absolute atomic E-state index is 13.3. The smallest absolute Gasteiger partial charge is 0.330 e. The number of anilines is 2. The van der Waals surface area contributed by atoms with Gasteiger partial charge in [0, 0.05) is 13.7 Å². The molecule has 0 aliphatic heterocycles. The highest BCUT2D eigenvalue weighted by molar-refractivity contribution is 6.34. The Morgan fingerprint density at radius 1 is 1.19 bits per heavy atom. The van der Waals surface area contributed by atoms with Crippen LogP contribution in [0.3, 0.4) is 0 Å². The summed E-state index contributed by atoms with van der Waals surface area (Å²) in [7, 11) is 1.46. The van der Waals surface area contributed by atoms with Gasteiger partial charge in [0.05, 0.1) is 23.7 Å². The van der Waals surface area contributed by atoms with E-state index in [-0.39, 0.29) is 41.8 Å². The maximum Gasteiger partial charge on any atom is 0.330 e. The number of carbonyl (C=O) groups is 1. The summed E-state index contributed by atoms with van der Waals surface area (Å²) in [6, 6.07) is 12.6. The first kappa shape index (κ1) is 22.3. The molecule has 0 unspecified atom stereocenters. The lowest BCUT2D eigenvalue weighted by molar-refractivity contribution is 0.102. The monoisotopic (exact) mass is 446 g/mol. The molecule has 3 N–H and O–H groups in total. The Kier molecular flexibility index (Phi) is 7.22. The predicted octanol–water partition coefficient (Wildman–Crippen LogP) is 2.84. The van der Waals surface area contributed by atoms with Crippen molar-refractivity contribution in [2.75, 3.05) is 24.4 Å². The van der Waals surface area contributed by atoms with Crippen molar-refractivity contribution in [3.8, 4) is 0 Å². The zero-order valence-corrected chi connectivity index (χ0v) is 17.3. The van der Waals surface area contributed by atoms with Gasteiger partial charge in [0.25, 0.3) is 11.5 Å². The van der Waals surface area contributed by atoms with Crippen molar-refractivity contribution >= 4 is 29.0 Å². The summed E-state index contributed by atoms with van der Waals surface area (Å²) in [4.78, 5) is 40.0. The van der Waals surface area contributed by atoms with E-state index in [0.29, 0.717) is 0 Å². The Morgan fingerprint density at radius 2 is 1.94 bits per heavy atom. The van der Waals surface area contributed by atoms with Crippen molar-refractivity contribution in [3.63, 3.8) is 0 Å². The third-order valence-electron chi connectivity index (χ3n) is 4.44. The number of ether oxygens (including phenoxy) is 1. The second kappa shape index (κ2) is 10.1. The van der Waals surface area contributed by atoms with Crippen LogP contribution in [0.15, 0.2) is 58.1 Å². The molecule has 10 heteroatoms. The zero-order valence-electron chi connectivity index (χ0n) is 16.6. The molecule has 0 aliphatic rings. The fraction of sp³-hybridized carbons (Fsp3) is 0.190. The van der Waals surface area contributed by atoms with Crippen molar-refractivity contribution in [2.24, 2.45) is 0 Å². The molecule has 1 heterocycles. The van der Waals surface area contributed by atoms with Crippen LogP contribution in [0.25, 0.3) is 0 Å². The number of aromatic nitrogens is 2. The third kappa shape index (κ3) is 5.39. The number of rotatable bonds is 8. The number of halogens is 2. The van der Waals surface area contributed by atoms with Crippen LogP contribution in [0.5, 0.6) is 0 Å². The largest absolute Gasteiger partial charge is 0.383 e. The van der Waals surface area contributed by atoms with Crippen molar-refractivity contribution in [1.82, 2.24) is 9.55 Å². The molecule has 0 saturated heterocycles. The van der Waals surface area contributed by atoms with Crippen molar-refractivity contribution < 1.29 is 13.9 Å². The molecule has 162 valence electrons. The first-order valence-electron chi connectivity index (χ1n) is 9.31. The van der Waals surface area contributed by atoms with Gasteiger partial charge in [0.1, 0.15) is 17.3 Å². The van der Waals surface area contributed by atoms with Gasteiger partial charge in [-0.15, -0.1) is 0 Å². The van der Waals surface area contributed by atoms with Gasteiger partial charge < -0.3 is 15.4 Å². The molecule has 1 aromatic heterocycles. The Morgan fingerprint density at radius 3 is 2.61 bits per heavy atom. The number of hydrogen-bond acceptors (Lipinski definition) is 5. The Hall–Kier alpha value is -3.43. The maximum atomic E-state index is 13.3. The fourth-order valence-electron chi connectivity index (χ4n) is 2.90. The number of benzene rings is 2. The summed E-state index contributed by atoms with van der Waals surface area (Å²) in [5.74, 6) is -1.35. The van der Waals surface area contributed by atoms with E-state index in [1.54, 1.807) is 0 Å². The lowest BCUT2D eigenvalue weighted by Gasteiger charge is -2.18. The highest BCUT2D eigenvalue weighted by Crippen LogP contribution is 2.21. The van der Waals surface area contributed by atoms with Crippen molar-refractivity contribution in [3.05, 3.63) is 91.3 Å². The average molecular weight is 447 g/mol. The molecule has 0 fully saturated rings. The second-order valence-electron chi connectivity index (χ2n) is 6.54. The standard InChI is InChI=1S/C21H20ClFN4O4/c1-31-10-9-27-18(25-19(28)15-8-7-14(23)11-16(15)22)17(20(29)26-21(27)30)24-12-13-5-3-2-4-6-13/h2-8,11,24H,9-10,12H2,1H3,(H,25,28)(H,26,29,30). The molecule has 0 saturated carbocycles. The molecule has 0 aliphatic carbocycles. The third-order valence-corrected chi connectivity index (χ3v) is 4.75. The molecule has 31 heavy (non-hydrogen) atoms. The van der Waals surface area contributed by atoms with E-state index in [0.717, 1.165) is 17.7 Å². The van der Waals surface area contributed by atoms with Gasteiger partial charge in [-0.2, -0.15) is 0 Å². The van der Waals surface area contributed by atoms with Crippen LogP contribution in [0, 0.1) is 5.82 Å². The minimum absolute atomic E-state index is 0.00820. The summed E-state index contributed by atoms with van der Waals surface area (Å²) in [6.07, 6.45) is 0. The summed E-state index contributed by atoms with van der Waals surface area (Å²) in [6.45, 7) is 0.496. The molecular weight excluding hydrogens is 427 g/mol. The molecule has 8 nitrogen and oxygen atoms in total. The van der Waals surface area contributed by atoms with Gasteiger partial charge >= 0.3 is 5.69 Å². The highest BCUT2D eigenvalue weighted by atomic mass is 35.5. The van der Waals surface area contributed by atoms with Gasteiger partial charge in [-0.05, 0) is 23.8 Å². The van der Waals surface area contributed by atoms with Crippen LogP contribution in [0.4, 0.5) is 15.9 Å². The summed E-state index contributed by atoms with van der Waals surface area (Å²) in [5, 5.41) is 5.43. The van der Waals surface area contributed by atoms with Crippen LogP contribution >= 0.6 is 11.6 Å². The number of nitrogens with zero attached hydrogens (tertiary/aromatic N) is 1. The van der Waals surface area contributed by atoms with Gasteiger partial charge in [-0.3, -0.25) is 19.1 Å². The van der Waals surface area contributed by atoms with E-state index in [2.05, 4.69) is 15.6 Å². The minimum Gasteiger partial charge on any atom is -0.383 e. The number of hydrogen-bond donors (Lipinski definition) is 3. The van der Waals surface area contributed by atoms with E-state index < -0.39 is 23.0 Å². The predicted molar refractivity (Wildman–Crippen MR) is 116 cm³/mol. The van der Waals surface area contributed by atoms with E-state index in [1.807, 2.05) is 30.3 Å². The normalized spacial score (nSPS) is 10.7. The number of amides is 1. The quantitative estimate of drug-likeness (QED) is 0.493.